The summed E-state index contributed by atoms with van der Waals surface area (Å²) in [6, 6.07) is 22.6. The van der Waals surface area contributed by atoms with Crippen LogP contribution in [-0.4, -0.2) is 6.04 Å². The second kappa shape index (κ2) is 9.93. The van der Waals surface area contributed by atoms with Crippen molar-refractivity contribution >= 4 is 27.3 Å². The van der Waals surface area contributed by atoms with Crippen LogP contribution in [0.25, 0.3) is 0 Å². The van der Waals surface area contributed by atoms with E-state index in [2.05, 4.69) is 151 Å². The number of nitrogens with zero attached hydrogens (tertiary/aromatic N) is 1. The molecule has 214 valence electrons. The first-order valence-electron chi connectivity index (χ1n) is 15.0. The number of hydrogen-bond acceptors (Lipinski definition) is 2. The molecule has 0 aliphatic heterocycles. The Morgan fingerprint density at radius 1 is 0.825 bits per heavy atom. The van der Waals surface area contributed by atoms with Gasteiger partial charge in [-0.15, -0.1) is 0 Å². The molecule has 0 heterocycles. The third-order valence-corrected chi connectivity index (χ3v) is 10.4. The largest absolute Gasteiger partial charge is 0.457 e. The summed E-state index contributed by atoms with van der Waals surface area (Å²) in [5.41, 5.74) is 6.89. The molecule has 40 heavy (non-hydrogen) atoms. The maximum atomic E-state index is 6.59. The Bertz CT molecular complexity index is 1400. The molecule has 2 nitrogen and oxygen atoms in total. The van der Waals surface area contributed by atoms with E-state index >= 15 is 0 Å². The van der Waals surface area contributed by atoms with E-state index in [-0.39, 0.29) is 21.7 Å². The van der Waals surface area contributed by atoms with Crippen LogP contribution in [0.15, 0.2) is 65.1 Å². The summed E-state index contributed by atoms with van der Waals surface area (Å²) in [4.78, 5) is 2.67. The Labute approximate surface area is 251 Å². The normalized spacial score (nSPS) is 23.9. The van der Waals surface area contributed by atoms with E-state index in [0.29, 0.717) is 6.04 Å². The van der Waals surface area contributed by atoms with E-state index in [1.165, 1.54) is 47.3 Å². The third-order valence-electron chi connectivity index (χ3n) is 9.77. The minimum absolute atomic E-state index is 0.0637. The standard InChI is InChI=1S/C37H48BrNO/c1-24-18-28(22-30(19-24)40-29-13-11-12-25(20-29)34(2,3)4)39(32-21-26(35(5,6)7)14-15-31(32)38)33-36(8,9)27-16-17-37(33,10)23-27/h11-15,18-22,27,33H,16-17,23H2,1-10H3. The molecule has 3 aromatic rings. The molecule has 2 fully saturated rings. The number of halogens is 1. The average Bonchev–Trinajstić information content (AvgIpc) is 3.32. The molecule has 3 aromatic carbocycles. The van der Waals surface area contributed by atoms with Gasteiger partial charge in [-0.25, -0.2) is 0 Å². The highest BCUT2D eigenvalue weighted by Crippen LogP contribution is 2.65. The fraction of sp³-hybridized carbons (Fsp3) is 0.514. The van der Waals surface area contributed by atoms with Crippen LogP contribution in [0.5, 0.6) is 11.5 Å². The Balaban J connectivity index is 1.66. The van der Waals surface area contributed by atoms with Crippen LogP contribution in [0, 0.1) is 23.7 Å². The molecule has 3 heteroatoms. The maximum Gasteiger partial charge on any atom is 0.129 e. The highest BCUT2D eigenvalue weighted by molar-refractivity contribution is 9.10. The molecule has 3 unspecified atom stereocenters. The monoisotopic (exact) mass is 601 g/mol. The van der Waals surface area contributed by atoms with Gasteiger partial charge in [-0.3, -0.25) is 0 Å². The van der Waals surface area contributed by atoms with Crippen molar-refractivity contribution in [2.75, 3.05) is 4.90 Å². The average molecular weight is 603 g/mol. The zero-order valence-electron chi connectivity index (χ0n) is 26.3. The molecule has 5 rings (SSSR count). The quantitative estimate of drug-likeness (QED) is 0.288. The van der Waals surface area contributed by atoms with Gasteiger partial charge in [0.15, 0.2) is 0 Å². The zero-order valence-corrected chi connectivity index (χ0v) is 27.9. The molecule has 2 aliphatic carbocycles. The van der Waals surface area contributed by atoms with Crippen molar-refractivity contribution in [3.63, 3.8) is 0 Å². The lowest BCUT2D eigenvalue weighted by atomic mass is 9.67. The van der Waals surface area contributed by atoms with Crippen molar-refractivity contribution in [1.82, 2.24) is 0 Å². The van der Waals surface area contributed by atoms with Crippen molar-refractivity contribution in [3.8, 4) is 11.5 Å². The summed E-state index contributed by atoms with van der Waals surface area (Å²) >= 11 is 3.99. The lowest BCUT2D eigenvalue weighted by Crippen LogP contribution is -2.51. The fourth-order valence-electron chi connectivity index (χ4n) is 7.60. The Kier molecular flexibility index (Phi) is 7.26. The molecular weight excluding hydrogens is 554 g/mol. The van der Waals surface area contributed by atoms with E-state index in [4.69, 9.17) is 4.74 Å². The smallest absolute Gasteiger partial charge is 0.129 e. The van der Waals surface area contributed by atoms with Crippen molar-refractivity contribution in [3.05, 3.63) is 81.8 Å². The molecule has 2 saturated carbocycles. The summed E-state index contributed by atoms with van der Waals surface area (Å²) in [7, 11) is 0. The van der Waals surface area contributed by atoms with Crippen LogP contribution < -0.4 is 9.64 Å². The number of fused-ring (bicyclic) bond motifs is 2. The van der Waals surface area contributed by atoms with Crippen molar-refractivity contribution in [2.45, 2.75) is 105 Å². The number of hydrogen-bond donors (Lipinski definition) is 0. The number of rotatable bonds is 5. The Morgan fingerprint density at radius 2 is 1.50 bits per heavy atom. The van der Waals surface area contributed by atoms with Crippen molar-refractivity contribution < 1.29 is 4.74 Å². The summed E-state index contributed by atoms with van der Waals surface area (Å²) in [5.74, 6) is 2.52. The van der Waals surface area contributed by atoms with E-state index in [1.807, 2.05) is 0 Å². The van der Waals surface area contributed by atoms with Gasteiger partial charge in [0, 0.05) is 22.3 Å². The van der Waals surface area contributed by atoms with Gasteiger partial charge in [-0.2, -0.15) is 0 Å². The van der Waals surface area contributed by atoms with Crippen LogP contribution in [0.2, 0.25) is 0 Å². The van der Waals surface area contributed by atoms with E-state index in [9.17, 15) is 0 Å². The van der Waals surface area contributed by atoms with Gasteiger partial charge in [0.25, 0.3) is 0 Å². The molecule has 0 radical (unpaired) electrons. The Morgan fingerprint density at radius 3 is 2.12 bits per heavy atom. The summed E-state index contributed by atoms with van der Waals surface area (Å²) in [5, 5.41) is 0. The SMILES string of the molecule is Cc1cc(Oc2cccc(C(C)(C)C)c2)cc(N(c2cc(C(C)(C)C)ccc2Br)C2C3(C)CCC(C3)C2(C)C)c1. The number of benzene rings is 3. The molecule has 0 aromatic heterocycles. The first-order valence-corrected chi connectivity index (χ1v) is 15.8. The second-order valence-electron chi connectivity index (χ2n) is 15.5. The Hall–Kier alpha value is -2.26. The number of aryl methyl sites for hydroxylation is 1. The topological polar surface area (TPSA) is 12.5 Å². The van der Waals surface area contributed by atoms with Crippen molar-refractivity contribution in [1.29, 1.82) is 0 Å². The zero-order chi connectivity index (χ0) is 29.3. The highest BCUT2D eigenvalue weighted by atomic mass is 79.9. The number of ether oxygens (including phenoxy) is 1. The second-order valence-corrected chi connectivity index (χ2v) is 16.3. The van der Waals surface area contributed by atoms with Gasteiger partial charge in [-0.05, 0) is 123 Å². The van der Waals surface area contributed by atoms with Gasteiger partial charge in [0.2, 0.25) is 0 Å². The highest BCUT2D eigenvalue weighted by Gasteiger charge is 2.61. The molecule has 2 bridgehead atoms. The molecule has 0 saturated heterocycles. The lowest BCUT2D eigenvalue weighted by Gasteiger charge is -2.50. The molecule has 0 N–H and O–H groups in total. The predicted octanol–water partition coefficient (Wildman–Crippen LogP) is 11.5. The van der Waals surface area contributed by atoms with Crippen LogP contribution in [0.4, 0.5) is 11.4 Å². The minimum atomic E-state index is 0.0637. The van der Waals surface area contributed by atoms with E-state index in [1.54, 1.807) is 0 Å². The van der Waals surface area contributed by atoms with Gasteiger partial charge in [0.05, 0.1) is 5.69 Å². The van der Waals surface area contributed by atoms with Crippen LogP contribution in [-0.2, 0) is 10.8 Å². The molecule has 2 aliphatic rings. The van der Waals surface area contributed by atoms with Gasteiger partial charge < -0.3 is 9.64 Å². The predicted molar refractivity (Wildman–Crippen MR) is 174 cm³/mol. The maximum absolute atomic E-state index is 6.59. The summed E-state index contributed by atoms with van der Waals surface area (Å²) in [6.07, 6.45) is 3.92. The van der Waals surface area contributed by atoms with Crippen LogP contribution in [0.3, 0.4) is 0 Å². The van der Waals surface area contributed by atoms with Crippen LogP contribution in [0.1, 0.15) is 98.3 Å². The fourth-order valence-corrected chi connectivity index (χ4v) is 8.04. The third kappa shape index (κ3) is 5.36. The molecular formula is C37H48BrNO. The minimum Gasteiger partial charge on any atom is -0.457 e. The number of anilines is 2. The van der Waals surface area contributed by atoms with Gasteiger partial charge >= 0.3 is 0 Å². The van der Waals surface area contributed by atoms with E-state index < -0.39 is 0 Å². The molecule has 0 spiro atoms. The first-order chi connectivity index (χ1) is 18.5. The first kappa shape index (κ1) is 29.2. The van der Waals surface area contributed by atoms with E-state index in [0.717, 1.165) is 21.9 Å². The summed E-state index contributed by atoms with van der Waals surface area (Å²) in [6.45, 7) is 23.4. The van der Waals surface area contributed by atoms with Crippen molar-refractivity contribution in [2.24, 2.45) is 16.7 Å². The van der Waals surface area contributed by atoms with Gasteiger partial charge in [-0.1, -0.05) is 80.5 Å². The summed E-state index contributed by atoms with van der Waals surface area (Å²) < 4.78 is 7.74. The molecule has 0 amide bonds. The van der Waals surface area contributed by atoms with Crippen LogP contribution >= 0.6 is 15.9 Å². The lowest BCUT2D eigenvalue weighted by molar-refractivity contribution is 0.140. The van der Waals surface area contributed by atoms with Gasteiger partial charge in [0.1, 0.15) is 11.5 Å². The molecule has 3 atom stereocenters.